The summed E-state index contributed by atoms with van der Waals surface area (Å²) in [5.41, 5.74) is 0. The standard InChI is InChI=1S/C17H30N2O2S/c1-11(2)16-7-14(10-22-16)18-13-5-15(6-13)19(9-17(20)21)8-12-3-4-12/h11-16,18H,3-10H2,1-2H3,(H,20,21). The van der Waals surface area contributed by atoms with Crippen LogP contribution in [0.5, 0.6) is 0 Å². The predicted molar refractivity (Wildman–Crippen MR) is 91.4 cm³/mol. The third-order valence-corrected chi connectivity index (χ3v) is 7.16. The molecule has 0 radical (unpaired) electrons. The first kappa shape index (κ1) is 16.6. The molecule has 0 aromatic rings. The smallest absolute Gasteiger partial charge is 0.317 e. The molecule has 3 aliphatic rings. The molecule has 2 atom stereocenters. The molecule has 3 fully saturated rings. The maximum absolute atomic E-state index is 11.1. The predicted octanol–water partition coefficient (Wildman–Crippen LogP) is 2.43. The number of rotatable bonds is 8. The van der Waals surface area contributed by atoms with E-state index in [1.165, 1.54) is 25.0 Å². The first-order chi connectivity index (χ1) is 10.5. The number of nitrogens with one attached hydrogen (secondary N) is 1. The van der Waals surface area contributed by atoms with Crippen LogP contribution in [-0.2, 0) is 4.79 Å². The summed E-state index contributed by atoms with van der Waals surface area (Å²) in [4.78, 5) is 13.3. The molecule has 0 bridgehead atoms. The third-order valence-electron chi connectivity index (χ3n) is 5.40. The summed E-state index contributed by atoms with van der Waals surface area (Å²) >= 11 is 2.12. The van der Waals surface area contributed by atoms with Gasteiger partial charge >= 0.3 is 5.97 Å². The van der Waals surface area contributed by atoms with Crippen LogP contribution in [0.4, 0.5) is 0 Å². The monoisotopic (exact) mass is 326 g/mol. The van der Waals surface area contributed by atoms with Crippen LogP contribution in [0.25, 0.3) is 0 Å². The van der Waals surface area contributed by atoms with E-state index in [1.54, 1.807) is 0 Å². The summed E-state index contributed by atoms with van der Waals surface area (Å²) in [7, 11) is 0. The van der Waals surface area contributed by atoms with Gasteiger partial charge in [-0.1, -0.05) is 13.8 Å². The summed E-state index contributed by atoms with van der Waals surface area (Å²) in [6.45, 7) is 5.86. The third kappa shape index (κ3) is 4.39. The average molecular weight is 327 g/mol. The fourth-order valence-corrected chi connectivity index (χ4v) is 5.21. The summed E-state index contributed by atoms with van der Waals surface area (Å²) in [6.07, 6.45) is 6.15. The lowest BCUT2D eigenvalue weighted by atomic mass is 9.84. The highest BCUT2D eigenvalue weighted by atomic mass is 32.2. The molecule has 1 saturated heterocycles. The molecule has 3 rings (SSSR count). The van der Waals surface area contributed by atoms with E-state index in [0.29, 0.717) is 18.1 Å². The number of carbonyl (C=O) groups is 1. The lowest BCUT2D eigenvalue weighted by molar-refractivity contribution is -0.139. The Hall–Kier alpha value is -0.260. The van der Waals surface area contributed by atoms with Crippen molar-refractivity contribution in [2.75, 3.05) is 18.8 Å². The molecular weight excluding hydrogens is 296 g/mol. The molecule has 2 unspecified atom stereocenters. The van der Waals surface area contributed by atoms with Gasteiger partial charge in [0.15, 0.2) is 0 Å². The summed E-state index contributed by atoms with van der Waals surface area (Å²) in [5, 5.41) is 13.7. The molecule has 126 valence electrons. The van der Waals surface area contributed by atoms with Gasteiger partial charge in [-0.15, -0.1) is 0 Å². The van der Waals surface area contributed by atoms with Gasteiger partial charge in [-0.25, -0.2) is 0 Å². The Morgan fingerprint density at radius 1 is 1.27 bits per heavy atom. The van der Waals surface area contributed by atoms with Crippen molar-refractivity contribution in [2.45, 2.75) is 69.3 Å². The van der Waals surface area contributed by atoms with Gasteiger partial charge in [-0.2, -0.15) is 11.8 Å². The Balaban J connectivity index is 1.39. The van der Waals surface area contributed by atoms with Gasteiger partial charge in [0.05, 0.1) is 6.54 Å². The minimum absolute atomic E-state index is 0.225. The van der Waals surface area contributed by atoms with E-state index < -0.39 is 5.97 Å². The zero-order valence-corrected chi connectivity index (χ0v) is 14.6. The van der Waals surface area contributed by atoms with Crippen molar-refractivity contribution in [3.63, 3.8) is 0 Å². The minimum Gasteiger partial charge on any atom is -0.480 e. The van der Waals surface area contributed by atoms with Gasteiger partial charge in [0.1, 0.15) is 0 Å². The number of thioether (sulfide) groups is 1. The highest BCUT2D eigenvalue weighted by molar-refractivity contribution is 8.00. The first-order valence-corrected chi connectivity index (χ1v) is 9.89. The zero-order chi connectivity index (χ0) is 15.7. The first-order valence-electron chi connectivity index (χ1n) is 8.84. The van der Waals surface area contributed by atoms with Crippen LogP contribution >= 0.6 is 11.8 Å². The SMILES string of the molecule is CC(C)C1CC(NC2CC(N(CC(=O)O)CC3CC3)C2)CS1. The van der Waals surface area contributed by atoms with E-state index in [9.17, 15) is 4.79 Å². The van der Waals surface area contributed by atoms with Crippen LogP contribution in [-0.4, -0.2) is 58.2 Å². The molecule has 22 heavy (non-hydrogen) atoms. The van der Waals surface area contributed by atoms with Crippen molar-refractivity contribution >= 4 is 17.7 Å². The molecule has 0 spiro atoms. The molecule has 2 aliphatic carbocycles. The Labute approximate surface area is 138 Å². The maximum atomic E-state index is 11.1. The molecule has 4 nitrogen and oxygen atoms in total. The van der Waals surface area contributed by atoms with Gasteiger partial charge in [0.2, 0.25) is 0 Å². The van der Waals surface area contributed by atoms with E-state index >= 15 is 0 Å². The Morgan fingerprint density at radius 2 is 2.00 bits per heavy atom. The van der Waals surface area contributed by atoms with Gasteiger partial charge in [-0.3, -0.25) is 9.69 Å². The minimum atomic E-state index is -0.677. The van der Waals surface area contributed by atoms with Crippen molar-refractivity contribution in [2.24, 2.45) is 11.8 Å². The van der Waals surface area contributed by atoms with E-state index in [1.807, 2.05) is 0 Å². The average Bonchev–Trinajstić information content (AvgIpc) is 3.07. The van der Waals surface area contributed by atoms with Gasteiger partial charge < -0.3 is 10.4 Å². The van der Waals surface area contributed by atoms with Crippen LogP contribution < -0.4 is 5.32 Å². The molecule has 1 aliphatic heterocycles. The fraction of sp³-hybridized carbons (Fsp3) is 0.941. The van der Waals surface area contributed by atoms with Gasteiger partial charge in [0, 0.05) is 35.7 Å². The Morgan fingerprint density at radius 3 is 2.55 bits per heavy atom. The van der Waals surface area contributed by atoms with E-state index in [2.05, 4.69) is 35.8 Å². The summed E-state index contributed by atoms with van der Waals surface area (Å²) in [5.74, 6) is 2.11. The molecule has 0 amide bonds. The molecule has 5 heteroatoms. The second-order valence-corrected chi connectivity index (χ2v) is 9.08. The van der Waals surface area contributed by atoms with Crippen LogP contribution in [0.15, 0.2) is 0 Å². The lowest BCUT2D eigenvalue weighted by Crippen LogP contribution is -2.56. The van der Waals surface area contributed by atoms with Crippen molar-refractivity contribution in [3.05, 3.63) is 0 Å². The fourth-order valence-electron chi connectivity index (χ4n) is 3.74. The maximum Gasteiger partial charge on any atom is 0.317 e. The van der Waals surface area contributed by atoms with Gasteiger partial charge in [-0.05, 0) is 43.9 Å². The lowest BCUT2D eigenvalue weighted by Gasteiger charge is -2.44. The second kappa shape index (κ2) is 7.10. The zero-order valence-electron chi connectivity index (χ0n) is 13.8. The Bertz CT molecular complexity index is 394. The molecular formula is C17H30N2O2S. The number of hydrogen-bond donors (Lipinski definition) is 2. The van der Waals surface area contributed by atoms with E-state index in [4.69, 9.17) is 5.11 Å². The number of carboxylic acid groups (broad SMARTS) is 1. The van der Waals surface area contributed by atoms with Crippen molar-refractivity contribution < 1.29 is 9.90 Å². The topological polar surface area (TPSA) is 52.6 Å². The van der Waals surface area contributed by atoms with E-state index in [0.717, 1.165) is 36.5 Å². The van der Waals surface area contributed by atoms with Crippen LogP contribution in [0, 0.1) is 11.8 Å². The number of carboxylic acids is 1. The van der Waals surface area contributed by atoms with Gasteiger partial charge in [0.25, 0.3) is 0 Å². The van der Waals surface area contributed by atoms with E-state index in [-0.39, 0.29) is 6.54 Å². The van der Waals surface area contributed by atoms with Crippen molar-refractivity contribution in [1.29, 1.82) is 0 Å². The van der Waals surface area contributed by atoms with Crippen LogP contribution in [0.2, 0.25) is 0 Å². The second-order valence-electron chi connectivity index (χ2n) is 7.80. The largest absolute Gasteiger partial charge is 0.480 e. The van der Waals surface area contributed by atoms with Crippen LogP contribution in [0.3, 0.4) is 0 Å². The molecule has 0 aromatic carbocycles. The normalized spacial score (nSPS) is 35.1. The quantitative estimate of drug-likeness (QED) is 0.717. The number of nitrogens with zero attached hydrogens (tertiary/aromatic N) is 1. The highest BCUT2D eigenvalue weighted by Gasteiger charge is 2.39. The Kier molecular flexibility index (Phi) is 5.35. The number of hydrogen-bond acceptors (Lipinski definition) is 4. The van der Waals surface area contributed by atoms with Crippen molar-refractivity contribution in [1.82, 2.24) is 10.2 Å². The van der Waals surface area contributed by atoms with Crippen LogP contribution in [0.1, 0.15) is 46.0 Å². The summed E-state index contributed by atoms with van der Waals surface area (Å²) < 4.78 is 0. The summed E-state index contributed by atoms with van der Waals surface area (Å²) in [6, 6.07) is 1.76. The number of aliphatic carboxylic acids is 1. The highest BCUT2D eigenvalue weighted by Crippen LogP contribution is 2.36. The molecule has 2 saturated carbocycles. The molecule has 0 aromatic heterocycles. The molecule has 1 heterocycles. The molecule has 2 N–H and O–H groups in total. The van der Waals surface area contributed by atoms with Crippen molar-refractivity contribution in [3.8, 4) is 0 Å².